The van der Waals surface area contributed by atoms with Crippen LogP contribution < -0.4 is 5.32 Å². The highest BCUT2D eigenvalue weighted by Crippen LogP contribution is 2.16. The number of benzene rings is 1. The molecule has 0 aliphatic carbocycles. The van der Waals surface area contributed by atoms with Gasteiger partial charge in [0.1, 0.15) is 0 Å². The molecule has 1 aliphatic heterocycles. The van der Waals surface area contributed by atoms with Crippen LogP contribution >= 0.6 is 0 Å². The molecule has 1 unspecified atom stereocenters. The van der Waals surface area contributed by atoms with Crippen molar-refractivity contribution in [1.29, 1.82) is 0 Å². The van der Waals surface area contributed by atoms with E-state index in [1.807, 2.05) is 30.3 Å². The van der Waals surface area contributed by atoms with Crippen molar-refractivity contribution in [2.45, 2.75) is 12.8 Å². The van der Waals surface area contributed by atoms with Gasteiger partial charge < -0.3 is 15.3 Å². The molecular formula is C16H22N2O5S. The van der Waals surface area contributed by atoms with Crippen molar-refractivity contribution in [3.63, 3.8) is 0 Å². The fraction of sp³-hybridized carbons (Fsp3) is 0.500. The number of nitrogens with zero attached hydrogens (tertiary/aromatic N) is 1. The summed E-state index contributed by atoms with van der Waals surface area (Å²) in [5.41, 5.74) is 0.960. The average molecular weight is 354 g/mol. The number of urea groups is 1. The van der Waals surface area contributed by atoms with E-state index in [-0.39, 0.29) is 24.6 Å². The number of likely N-dealkylation sites (tertiary alicyclic amines) is 1. The first-order valence-corrected chi connectivity index (χ1v) is 9.69. The minimum absolute atomic E-state index is 0.0319. The Bertz CT molecular complexity index is 675. The van der Waals surface area contributed by atoms with E-state index in [1.165, 1.54) is 4.90 Å². The van der Waals surface area contributed by atoms with Crippen LogP contribution in [0.3, 0.4) is 0 Å². The number of aryl methyl sites for hydroxylation is 1. The Balaban J connectivity index is 1.71. The van der Waals surface area contributed by atoms with Crippen molar-refractivity contribution in [3.05, 3.63) is 35.9 Å². The summed E-state index contributed by atoms with van der Waals surface area (Å²) in [7, 11) is -3.25. The van der Waals surface area contributed by atoms with Gasteiger partial charge in [-0.15, -0.1) is 0 Å². The highest BCUT2D eigenvalue weighted by Gasteiger charge is 2.30. The molecule has 0 bridgehead atoms. The Morgan fingerprint density at radius 3 is 2.54 bits per heavy atom. The molecule has 1 aliphatic rings. The van der Waals surface area contributed by atoms with Gasteiger partial charge >= 0.3 is 12.0 Å². The largest absolute Gasteiger partial charge is 0.481 e. The third-order valence-corrected chi connectivity index (χ3v) is 5.71. The minimum atomic E-state index is -3.25. The normalized spacial score (nSPS) is 17.7. The van der Waals surface area contributed by atoms with Crippen LogP contribution in [-0.4, -0.2) is 61.6 Å². The van der Waals surface area contributed by atoms with Gasteiger partial charge in [0.05, 0.1) is 17.4 Å². The summed E-state index contributed by atoms with van der Waals surface area (Å²) < 4.78 is 24.0. The van der Waals surface area contributed by atoms with Crippen molar-refractivity contribution in [2.75, 3.05) is 31.1 Å². The first kappa shape index (κ1) is 18.3. The smallest absolute Gasteiger partial charge is 0.317 e. The van der Waals surface area contributed by atoms with Crippen LogP contribution in [-0.2, 0) is 21.1 Å². The quantitative estimate of drug-likeness (QED) is 0.752. The van der Waals surface area contributed by atoms with E-state index in [2.05, 4.69) is 5.32 Å². The number of sulfone groups is 1. The molecule has 2 N–H and O–H groups in total. The van der Waals surface area contributed by atoms with E-state index < -0.39 is 27.8 Å². The van der Waals surface area contributed by atoms with Crippen molar-refractivity contribution in [2.24, 2.45) is 5.92 Å². The summed E-state index contributed by atoms with van der Waals surface area (Å²) in [6, 6.07) is 8.95. The Labute approximate surface area is 141 Å². The summed E-state index contributed by atoms with van der Waals surface area (Å²) in [5.74, 6) is -1.53. The zero-order valence-electron chi connectivity index (χ0n) is 13.3. The molecule has 2 amide bonds. The number of carbonyl (C=O) groups excluding carboxylic acids is 1. The summed E-state index contributed by atoms with van der Waals surface area (Å²) >= 11 is 0. The molecule has 132 valence electrons. The lowest BCUT2D eigenvalue weighted by Gasteiger charge is -2.16. The first-order chi connectivity index (χ1) is 11.4. The fourth-order valence-corrected chi connectivity index (χ4v) is 3.76. The van der Waals surface area contributed by atoms with Crippen molar-refractivity contribution >= 4 is 21.8 Å². The number of aliphatic carboxylic acids is 1. The molecule has 0 spiro atoms. The van der Waals surface area contributed by atoms with Crippen LogP contribution in [0, 0.1) is 5.92 Å². The third-order valence-electron chi connectivity index (χ3n) is 4.06. The summed E-state index contributed by atoms with van der Waals surface area (Å²) in [4.78, 5) is 24.2. The number of nitrogens with one attached hydrogen (secondary N) is 1. The van der Waals surface area contributed by atoms with E-state index in [0.29, 0.717) is 19.4 Å². The van der Waals surface area contributed by atoms with E-state index in [4.69, 9.17) is 5.11 Å². The van der Waals surface area contributed by atoms with E-state index in [1.54, 1.807) is 0 Å². The molecule has 0 saturated carbocycles. The molecule has 1 aromatic carbocycles. The third kappa shape index (κ3) is 5.52. The van der Waals surface area contributed by atoms with Gasteiger partial charge in [-0.05, 0) is 18.4 Å². The number of hydrogen-bond donors (Lipinski definition) is 2. The van der Waals surface area contributed by atoms with E-state index in [0.717, 1.165) is 5.56 Å². The first-order valence-electron chi connectivity index (χ1n) is 7.87. The van der Waals surface area contributed by atoms with Gasteiger partial charge in [-0.25, -0.2) is 13.2 Å². The number of carboxylic acids is 1. The van der Waals surface area contributed by atoms with Gasteiger partial charge in [0, 0.05) is 19.6 Å². The molecule has 24 heavy (non-hydrogen) atoms. The summed E-state index contributed by atoms with van der Waals surface area (Å²) in [6.45, 7) is 0.579. The maximum Gasteiger partial charge on any atom is 0.317 e. The van der Waals surface area contributed by atoms with Crippen molar-refractivity contribution in [1.82, 2.24) is 10.2 Å². The molecule has 0 aromatic heterocycles. The molecule has 1 aromatic rings. The molecule has 8 heteroatoms. The lowest BCUT2D eigenvalue weighted by atomic mass is 10.1. The van der Waals surface area contributed by atoms with E-state index >= 15 is 0 Å². The second-order valence-electron chi connectivity index (χ2n) is 5.89. The number of hydrogen-bond acceptors (Lipinski definition) is 4. The summed E-state index contributed by atoms with van der Waals surface area (Å²) in [6.07, 6.45) is 0.877. The number of rotatable bonds is 7. The SMILES string of the molecule is O=C(O)C1CCN(C(=O)NCCS(=O)(=O)CCc2ccccc2)C1. The molecule has 1 atom stereocenters. The zero-order valence-corrected chi connectivity index (χ0v) is 14.2. The molecular weight excluding hydrogens is 332 g/mol. The van der Waals surface area contributed by atoms with Gasteiger partial charge in [-0.3, -0.25) is 4.79 Å². The zero-order chi connectivity index (χ0) is 17.6. The Hall–Kier alpha value is -2.09. The van der Waals surface area contributed by atoms with Crippen LogP contribution in [0.25, 0.3) is 0 Å². The summed E-state index contributed by atoms with van der Waals surface area (Å²) in [5, 5.41) is 11.5. The maximum absolute atomic E-state index is 12.0. The Morgan fingerprint density at radius 2 is 1.92 bits per heavy atom. The van der Waals surface area contributed by atoms with Crippen molar-refractivity contribution < 1.29 is 23.1 Å². The molecule has 1 heterocycles. The Kier molecular flexibility index (Phi) is 6.19. The highest BCUT2D eigenvalue weighted by molar-refractivity contribution is 7.91. The van der Waals surface area contributed by atoms with Gasteiger partial charge in [-0.1, -0.05) is 30.3 Å². The molecule has 1 saturated heterocycles. The molecule has 7 nitrogen and oxygen atoms in total. The lowest BCUT2D eigenvalue weighted by Crippen LogP contribution is -2.41. The van der Waals surface area contributed by atoms with Crippen LogP contribution in [0.15, 0.2) is 30.3 Å². The topological polar surface area (TPSA) is 104 Å². The Morgan fingerprint density at radius 1 is 1.21 bits per heavy atom. The molecule has 1 fully saturated rings. The highest BCUT2D eigenvalue weighted by atomic mass is 32.2. The number of carboxylic acid groups (broad SMARTS) is 1. The molecule has 0 radical (unpaired) electrons. The molecule has 2 rings (SSSR count). The lowest BCUT2D eigenvalue weighted by molar-refractivity contribution is -0.141. The predicted molar refractivity (Wildman–Crippen MR) is 89.5 cm³/mol. The van der Waals surface area contributed by atoms with Gasteiger partial charge in [0.2, 0.25) is 0 Å². The minimum Gasteiger partial charge on any atom is -0.481 e. The second-order valence-corrected chi connectivity index (χ2v) is 8.19. The van der Waals surface area contributed by atoms with Gasteiger partial charge in [0.25, 0.3) is 0 Å². The fourth-order valence-electron chi connectivity index (χ4n) is 2.59. The second kappa shape index (κ2) is 8.14. The van der Waals surface area contributed by atoms with Crippen molar-refractivity contribution in [3.8, 4) is 0 Å². The van der Waals surface area contributed by atoms with Gasteiger partial charge in [0.15, 0.2) is 9.84 Å². The van der Waals surface area contributed by atoms with Crippen LogP contribution in [0.4, 0.5) is 4.79 Å². The van der Waals surface area contributed by atoms with Crippen LogP contribution in [0.1, 0.15) is 12.0 Å². The predicted octanol–water partition coefficient (Wildman–Crippen LogP) is 0.760. The monoisotopic (exact) mass is 354 g/mol. The average Bonchev–Trinajstić information content (AvgIpc) is 3.04. The maximum atomic E-state index is 12.0. The van der Waals surface area contributed by atoms with Crippen LogP contribution in [0.2, 0.25) is 0 Å². The number of amides is 2. The van der Waals surface area contributed by atoms with Gasteiger partial charge in [-0.2, -0.15) is 0 Å². The van der Waals surface area contributed by atoms with Crippen LogP contribution in [0.5, 0.6) is 0 Å². The van der Waals surface area contributed by atoms with E-state index in [9.17, 15) is 18.0 Å². The number of carbonyl (C=O) groups is 2. The standard InChI is InChI=1S/C16H22N2O5S/c19-15(20)14-6-9-18(12-14)16(21)17-8-11-24(22,23)10-7-13-4-2-1-3-5-13/h1-5,14H,6-12H2,(H,17,21)(H,19,20).